The quantitative estimate of drug-likeness (QED) is 0.784. The number of rotatable bonds is 3. The molecular weight excluding hydrogens is 256 g/mol. The zero-order valence-electron chi connectivity index (χ0n) is 8.41. The van der Waals surface area contributed by atoms with Crippen molar-refractivity contribution in [2.24, 2.45) is 5.92 Å². The summed E-state index contributed by atoms with van der Waals surface area (Å²) in [6, 6.07) is 6.32. The van der Waals surface area contributed by atoms with E-state index in [0.29, 0.717) is 12.7 Å². The second-order valence-corrected chi connectivity index (χ2v) is 4.86. The van der Waals surface area contributed by atoms with Gasteiger partial charge in [-0.05, 0) is 42.4 Å². The Balaban J connectivity index is 1.90. The van der Waals surface area contributed by atoms with Crippen molar-refractivity contribution in [3.63, 3.8) is 0 Å². The number of hydrogen-bond donors (Lipinski definition) is 0. The molecule has 1 saturated carbocycles. The van der Waals surface area contributed by atoms with Crippen LogP contribution in [0, 0.1) is 5.92 Å². The van der Waals surface area contributed by atoms with Gasteiger partial charge in [-0.3, -0.25) is 0 Å². The molecule has 1 fully saturated rings. The molecule has 15 heavy (non-hydrogen) atoms. The van der Waals surface area contributed by atoms with E-state index in [-0.39, 0.29) is 0 Å². The predicted molar refractivity (Wildman–Crippen MR) is 61.8 cm³/mol. The number of benzene rings is 1. The molecule has 2 nitrogen and oxygen atoms in total. The summed E-state index contributed by atoms with van der Waals surface area (Å²) in [6.07, 6.45) is 2.73. The molecule has 0 bridgehead atoms. The molecule has 1 heterocycles. The molecule has 0 radical (unpaired) electrons. The van der Waals surface area contributed by atoms with Crippen molar-refractivity contribution in [1.29, 1.82) is 0 Å². The Morgan fingerprint density at radius 2 is 2.07 bits per heavy atom. The fourth-order valence-electron chi connectivity index (χ4n) is 2.13. The first-order valence-electron chi connectivity index (χ1n) is 5.34. The van der Waals surface area contributed by atoms with Crippen molar-refractivity contribution in [1.82, 2.24) is 0 Å². The van der Waals surface area contributed by atoms with Gasteiger partial charge in [0.25, 0.3) is 0 Å². The molecule has 80 valence electrons. The minimum atomic E-state index is 0.362. The van der Waals surface area contributed by atoms with Gasteiger partial charge < -0.3 is 9.47 Å². The maximum absolute atomic E-state index is 5.40. The highest BCUT2D eigenvalue weighted by Gasteiger charge is 2.32. The van der Waals surface area contributed by atoms with Crippen LogP contribution < -0.4 is 9.47 Å². The van der Waals surface area contributed by atoms with Crippen LogP contribution in [0.5, 0.6) is 11.5 Å². The van der Waals surface area contributed by atoms with Crippen molar-refractivity contribution in [2.45, 2.75) is 18.8 Å². The van der Waals surface area contributed by atoms with Crippen molar-refractivity contribution in [2.75, 3.05) is 12.1 Å². The van der Waals surface area contributed by atoms with Gasteiger partial charge in [-0.1, -0.05) is 22.0 Å². The fourth-order valence-corrected chi connectivity index (χ4v) is 3.03. The minimum Gasteiger partial charge on any atom is -0.454 e. The summed E-state index contributed by atoms with van der Waals surface area (Å²) >= 11 is 3.60. The Hall–Kier alpha value is -0.700. The van der Waals surface area contributed by atoms with Crippen LogP contribution in [-0.2, 0) is 0 Å². The molecule has 1 atom stereocenters. The number of ether oxygens (including phenoxy) is 2. The molecule has 3 heteroatoms. The first-order chi connectivity index (χ1) is 7.38. The molecule has 1 aliphatic carbocycles. The second kappa shape index (κ2) is 3.71. The molecule has 1 aromatic rings. The van der Waals surface area contributed by atoms with Gasteiger partial charge in [0.2, 0.25) is 6.79 Å². The van der Waals surface area contributed by atoms with Gasteiger partial charge in [0.15, 0.2) is 11.5 Å². The molecular formula is C12H13BrO2. The summed E-state index contributed by atoms with van der Waals surface area (Å²) in [5.41, 5.74) is 1.37. The van der Waals surface area contributed by atoms with Gasteiger partial charge in [-0.25, -0.2) is 0 Å². The summed E-state index contributed by atoms with van der Waals surface area (Å²) in [5.74, 6) is 3.28. The number of hydrogen-bond acceptors (Lipinski definition) is 2. The topological polar surface area (TPSA) is 18.5 Å². The Kier molecular flexibility index (Phi) is 2.35. The van der Waals surface area contributed by atoms with E-state index in [1.807, 2.05) is 6.07 Å². The average molecular weight is 269 g/mol. The number of alkyl halides is 1. The summed E-state index contributed by atoms with van der Waals surface area (Å²) in [4.78, 5) is 0. The molecule has 3 rings (SSSR count). The lowest BCUT2D eigenvalue weighted by Crippen LogP contribution is -2.02. The van der Waals surface area contributed by atoms with E-state index in [0.717, 1.165) is 22.7 Å². The molecule has 1 aromatic carbocycles. The van der Waals surface area contributed by atoms with Crippen LogP contribution in [0.4, 0.5) is 0 Å². The molecule has 0 aromatic heterocycles. The van der Waals surface area contributed by atoms with Crippen LogP contribution >= 0.6 is 15.9 Å². The maximum Gasteiger partial charge on any atom is 0.231 e. The van der Waals surface area contributed by atoms with Crippen molar-refractivity contribution in [3.8, 4) is 11.5 Å². The third-order valence-electron chi connectivity index (χ3n) is 3.18. The standard InChI is InChI=1S/C12H13BrO2/c13-6-10(8-1-2-8)9-3-4-11-12(5-9)15-7-14-11/h3-5,8,10H,1-2,6-7H2. The van der Waals surface area contributed by atoms with Crippen LogP contribution in [0.3, 0.4) is 0 Å². The lowest BCUT2D eigenvalue weighted by atomic mass is 9.96. The van der Waals surface area contributed by atoms with E-state index in [2.05, 4.69) is 28.1 Å². The van der Waals surface area contributed by atoms with E-state index in [4.69, 9.17) is 9.47 Å². The van der Waals surface area contributed by atoms with Gasteiger partial charge in [0.1, 0.15) is 0 Å². The second-order valence-electron chi connectivity index (χ2n) is 4.21. The van der Waals surface area contributed by atoms with Crippen LogP contribution in [0.25, 0.3) is 0 Å². The van der Waals surface area contributed by atoms with Crippen molar-refractivity contribution >= 4 is 15.9 Å². The van der Waals surface area contributed by atoms with E-state index in [9.17, 15) is 0 Å². The number of halogens is 1. The van der Waals surface area contributed by atoms with Crippen LogP contribution in [0.15, 0.2) is 18.2 Å². The summed E-state index contributed by atoms with van der Waals surface area (Å²) < 4.78 is 10.7. The Morgan fingerprint density at radius 1 is 1.27 bits per heavy atom. The molecule has 0 N–H and O–H groups in total. The largest absolute Gasteiger partial charge is 0.454 e. The zero-order chi connectivity index (χ0) is 10.3. The highest BCUT2D eigenvalue weighted by molar-refractivity contribution is 9.09. The normalized spacial score (nSPS) is 20.3. The van der Waals surface area contributed by atoms with E-state index >= 15 is 0 Å². The van der Waals surface area contributed by atoms with Crippen LogP contribution in [0.2, 0.25) is 0 Å². The monoisotopic (exact) mass is 268 g/mol. The van der Waals surface area contributed by atoms with E-state index < -0.39 is 0 Å². The smallest absolute Gasteiger partial charge is 0.231 e. The molecule has 1 unspecified atom stereocenters. The van der Waals surface area contributed by atoms with Crippen LogP contribution in [-0.4, -0.2) is 12.1 Å². The van der Waals surface area contributed by atoms with Gasteiger partial charge in [0.05, 0.1) is 0 Å². The average Bonchev–Trinajstić information content (AvgIpc) is 2.97. The Labute approximate surface area is 97.7 Å². The lowest BCUT2D eigenvalue weighted by molar-refractivity contribution is 0.174. The van der Waals surface area contributed by atoms with Gasteiger partial charge in [0, 0.05) is 5.33 Å². The summed E-state index contributed by atoms with van der Waals surface area (Å²) in [6.45, 7) is 0.362. The van der Waals surface area contributed by atoms with Crippen molar-refractivity contribution in [3.05, 3.63) is 23.8 Å². The first kappa shape index (κ1) is 9.52. The van der Waals surface area contributed by atoms with Gasteiger partial charge in [-0.15, -0.1) is 0 Å². The highest BCUT2D eigenvalue weighted by Crippen LogP contribution is 2.45. The Bertz CT molecular complexity index is 374. The minimum absolute atomic E-state index is 0.362. The zero-order valence-corrected chi connectivity index (χ0v) is 10.00. The molecule has 1 aliphatic heterocycles. The molecule has 2 aliphatic rings. The maximum atomic E-state index is 5.40. The molecule has 0 amide bonds. The SMILES string of the molecule is BrCC(c1ccc2c(c1)OCO2)C1CC1. The van der Waals surface area contributed by atoms with E-state index in [1.54, 1.807) is 0 Å². The summed E-state index contributed by atoms with van der Waals surface area (Å²) in [7, 11) is 0. The predicted octanol–water partition coefficient (Wildman–Crippen LogP) is 3.30. The summed E-state index contributed by atoms with van der Waals surface area (Å²) in [5, 5.41) is 1.04. The third-order valence-corrected chi connectivity index (χ3v) is 3.88. The van der Waals surface area contributed by atoms with Crippen LogP contribution in [0.1, 0.15) is 24.3 Å². The highest BCUT2D eigenvalue weighted by atomic mass is 79.9. The van der Waals surface area contributed by atoms with Gasteiger partial charge >= 0.3 is 0 Å². The number of fused-ring (bicyclic) bond motifs is 1. The Morgan fingerprint density at radius 3 is 2.80 bits per heavy atom. The van der Waals surface area contributed by atoms with Crippen molar-refractivity contribution < 1.29 is 9.47 Å². The lowest BCUT2D eigenvalue weighted by Gasteiger charge is -2.13. The molecule has 0 saturated heterocycles. The first-order valence-corrected chi connectivity index (χ1v) is 6.46. The third kappa shape index (κ3) is 1.73. The van der Waals surface area contributed by atoms with E-state index in [1.165, 1.54) is 18.4 Å². The molecule has 0 spiro atoms. The fraction of sp³-hybridized carbons (Fsp3) is 0.500. The van der Waals surface area contributed by atoms with Gasteiger partial charge in [-0.2, -0.15) is 0 Å².